The van der Waals surface area contributed by atoms with Crippen molar-refractivity contribution in [3.8, 4) is 22.6 Å². The number of hydrogen-bond acceptors (Lipinski definition) is 6. The van der Waals surface area contributed by atoms with Gasteiger partial charge < -0.3 is 14.6 Å². The van der Waals surface area contributed by atoms with Crippen LogP contribution in [0.3, 0.4) is 0 Å². The lowest BCUT2D eigenvalue weighted by Gasteiger charge is -2.17. The smallest absolute Gasteiger partial charge is 0.344 e. The maximum Gasteiger partial charge on any atom is 0.344 e. The second-order valence-electron chi connectivity index (χ2n) is 6.63. The summed E-state index contributed by atoms with van der Waals surface area (Å²) >= 11 is 12.2. The van der Waals surface area contributed by atoms with Crippen molar-refractivity contribution in [2.24, 2.45) is 0 Å². The summed E-state index contributed by atoms with van der Waals surface area (Å²) in [6, 6.07) is 10.6. The van der Waals surface area contributed by atoms with Crippen LogP contribution < -0.4 is 14.2 Å². The number of hydrogen-bond donors (Lipinski definition) is 2. The molecule has 1 atom stereocenters. The topological polar surface area (TPSA) is 115 Å². The third-order valence-corrected chi connectivity index (χ3v) is 6.07. The van der Waals surface area contributed by atoms with E-state index in [1.165, 1.54) is 44.6 Å². The number of pyridine rings is 1. The van der Waals surface area contributed by atoms with Crippen molar-refractivity contribution in [3.63, 3.8) is 0 Å². The number of rotatable bonds is 8. The Hall–Kier alpha value is -3.01. The monoisotopic (exact) mass is 496 g/mol. The molecule has 1 aromatic heterocycles. The SMILES string of the molecule is COc1cncc(S(=O)(=O)Nc2cc(OC(C)C(=O)O)ccc2-c2cc(Cl)cc(Cl)c2)c1. The average molecular weight is 497 g/mol. The predicted octanol–water partition coefficient (Wildman–Crippen LogP) is 4.72. The Balaban J connectivity index is 2.09. The number of aliphatic carboxylic acids is 1. The Morgan fingerprint density at radius 1 is 1.06 bits per heavy atom. The molecule has 1 heterocycles. The highest BCUT2D eigenvalue weighted by atomic mass is 35.5. The highest BCUT2D eigenvalue weighted by Crippen LogP contribution is 2.36. The first-order valence-electron chi connectivity index (χ1n) is 9.11. The molecule has 0 aliphatic heterocycles. The van der Waals surface area contributed by atoms with Gasteiger partial charge in [0.2, 0.25) is 0 Å². The molecule has 0 aliphatic rings. The van der Waals surface area contributed by atoms with Crippen molar-refractivity contribution in [2.75, 3.05) is 11.8 Å². The minimum absolute atomic E-state index is 0.126. The van der Waals surface area contributed by atoms with Gasteiger partial charge in [-0.05, 0) is 42.8 Å². The van der Waals surface area contributed by atoms with Gasteiger partial charge in [-0.2, -0.15) is 0 Å². The summed E-state index contributed by atoms with van der Waals surface area (Å²) in [5.41, 5.74) is 1.12. The fraction of sp³-hybridized carbons (Fsp3) is 0.143. The van der Waals surface area contributed by atoms with E-state index in [0.717, 1.165) is 0 Å². The van der Waals surface area contributed by atoms with Gasteiger partial charge in [-0.3, -0.25) is 9.71 Å². The summed E-state index contributed by atoms with van der Waals surface area (Å²) in [7, 11) is -2.69. The van der Waals surface area contributed by atoms with Gasteiger partial charge in [0.15, 0.2) is 6.10 Å². The van der Waals surface area contributed by atoms with E-state index in [2.05, 4.69) is 9.71 Å². The van der Waals surface area contributed by atoms with Crippen LogP contribution in [0, 0.1) is 0 Å². The van der Waals surface area contributed by atoms with Crippen molar-refractivity contribution < 1.29 is 27.8 Å². The van der Waals surface area contributed by atoms with Crippen LogP contribution in [-0.2, 0) is 14.8 Å². The molecule has 2 aromatic carbocycles. The molecule has 3 rings (SSSR count). The summed E-state index contributed by atoms with van der Waals surface area (Å²) in [5, 5.41) is 9.82. The van der Waals surface area contributed by atoms with E-state index >= 15 is 0 Å². The lowest BCUT2D eigenvalue weighted by Crippen LogP contribution is -2.23. The van der Waals surface area contributed by atoms with E-state index in [0.29, 0.717) is 21.2 Å². The van der Waals surface area contributed by atoms with Crippen molar-refractivity contribution in [1.29, 1.82) is 0 Å². The Bertz CT molecular complexity index is 1250. The Morgan fingerprint density at radius 3 is 2.38 bits per heavy atom. The molecule has 0 bridgehead atoms. The second-order valence-corrected chi connectivity index (χ2v) is 9.19. The number of carboxylic acids is 1. The van der Waals surface area contributed by atoms with Crippen LogP contribution in [0.25, 0.3) is 11.1 Å². The minimum atomic E-state index is -4.09. The summed E-state index contributed by atoms with van der Waals surface area (Å²) in [6.45, 7) is 1.36. The first-order chi connectivity index (χ1) is 15.1. The van der Waals surface area contributed by atoms with E-state index in [1.807, 2.05) is 0 Å². The molecule has 11 heteroatoms. The third-order valence-electron chi connectivity index (χ3n) is 4.30. The molecule has 0 radical (unpaired) electrons. The van der Waals surface area contributed by atoms with E-state index in [-0.39, 0.29) is 22.1 Å². The molecule has 0 saturated carbocycles. The summed E-state index contributed by atoms with van der Waals surface area (Å²) in [4.78, 5) is 14.9. The molecule has 0 fully saturated rings. The van der Waals surface area contributed by atoms with Crippen LogP contribution in [0.5, 0.6) is 11.5 Å². The van der Waals surface area contributed by atoms with Crippen molar-refractivity contribution in [1.82, 2.24) is 4.98 Å². The molecule has 8 nitrogen and oxygen atoms in total. The van der Waals surface area contributed by atoms with Gasteiger partial charge in [-0.25, -0.2) is 13.2 Å². The predicted molar refractivity (Wildman–Crippen MR) is 121 cm³/mol. The van der Waals surface area contributed by atoms with Gasteiger partial charge in [0.1, 0.15) is 16.4 Å². The number of methoxy groups -OCH3 is 1. The van der Waals surface area contributed by atoms with Crippen LogP contribution in [-0.4, -0.2) is 37.7 Å². The normalized spacial score (nSPS) is 12.1. The van der Waals surface area contributed by atoms with E-state index in [4.69, 9.17) is 37.8 Å². The number of nitrogens with one attached hydrogen (secondary N) is 1. The van der Waals surface area contributed by atoms with Crippen molar-refractivity contribution in [3.05, 3.63) is 64.9 Å². The average Bonchev–Trinajstić information content (AvgIpc) is 2.73. The molecular weight excluding hydrogens is 479 g/mol. The Kier molecular flexibility index (Phi) is 7.12. The zero-order chi connectivity index (χ0) is 23.5. The molecule has 0 amide bonds. The fourth-order valence-electron chi connectivity index (χ4n) is 2.76. The van der Waals surface area contributed by atoms with Gasteiger partial charge in [0.05, 0.1) is 19.0 Å². The van der Waals surface area contributed by atoms with Gasteiger partial charge in [-0.15, -0.1) is 0 Å². The molecule has 0 saturated heterocycles. The largest absolute Gasteiger partial charge is 0.495 e. The van der Waals surface area contributed by atoms with Crippen LogP contribution in [0.4, 0.5) is 5.69 Å². The van der Waals surface area contributed by atoms with Gasteiger partial charge >= 0.3 is 5.97 Å². The number of carboxylic acid groups (broad SMARTS) is 1. The van der Waals surface area contributed by atoms with Crippen LogP contribution in [0.2, 0.25) is 10.0 Å². The molecule has 1 unspecified atom stereocenters. The molecule has 168 valence electrons. The summed E-state index contributed by atoms with van der Waals surface area (Å²) in [5.74, 6) is -0.749. The quantitative estimate of drug-likeness (QED) is 0.463. The Labute approximate surface area is 194 Å². The van der Waals surface area contributed by atoms with E-state index in [1.54, 1.807) is 24.3 Å². The van der Waals surface area contributed by atoms with E-state index in [9.17, 15) is 13.2 Å². The van der Waals surface area contributed by atoms with Crippen LogP contribution in [0.1, 0.15) is 6.92 Å². The van der Waals surface area contributed by atoms with Gasteiger partial charge in [0.25, 0.3) is 10.0 Å². The molecular formula is C21H18Cl2N2O6S. The number of aromatic nitrogens is 1. The Morgan fingerprint density at radius 2 is 1.75 bits per heavy atom. The first-order valence-corrected chi connectivity index (χ1v) is 11.3. The number of halogens is 2. The maximum absolute atomic E-state index is 13.0. The van der Waals surface area contributed by atoms with E-state index < -0.39 is 22.1 Å². The van der Waals surface area contributed by atoms with Gasteiger partial charge in [-0.1, -0.05) is 23.2 Å². The molecule has 3 aromatic rings. The third kappa shape index (κ3) is 5.61. The molecule has 0 aliphatic carbocycles. The zero-order valence-corrected chi connectivity index (χ0v) is 19.2. The summed E-state index contributed by atoms with van der Waals surface area (Å²) in [6.07, 6.45) is 1.40. The number of sulfonamides is 1. The van der Waals surface area contributed by atoms with Crippen LogP contribution in [0.15, 0.2) is 59.8 Å². The highest BCUT2D eigenvalue weighted by Gasteiger charge is 2.20. The molecule has 32 heavy (non-hydrogen) atoms. The number of benzene rings is 2. The van der Waals surface area contributed by atoms with Crippen molar-refractivity contribution >= 4 is 44.9 Å². The maximum atomic E-state index is 13.0. The van der Waals surface area contributed by atoms with Crippen LogP contribution >= 0.6 is 23.2 Å². The number of ether oxygens (including phenoxy) is 2. The number of carbonyl (C=O) groups is 1. The number of anilines is 1. The zero-order valence-electron chi connectivity index (χ0n) is 16.9. The highest BCUT2D eigenvalue weighted by molar-refractivity contribution is 7.92. The molecule has 2 N–H and O–H groups in total. The first kappa shape index (κ1) is 23.6. The minimum Gasteiger partial charge on any atom is -0.495 e. The number of nitrogens with zero attached hydrogens (tertiary/aromatic N) is 1. The van der Waals surface area contributed by atoms with Crippen molar-refractivity contribution in [2.45, 2.75) is 17.9 Å². The summed E-state index contributed by atoms with van der Waals surface area (Å²) < 4.78 is 39.0. The fourth-order valence-corrected chi connectivity index (χ4v) is 4.33. The lowest BCUT2D eigenvalue weighted by atomic mass is 10.0. The van der Waals surface area contributed by atoms with Gasteiger partial charge in [0, 0.05) is 33.9 Å². The standard InChI is InChI=1S/C21H18Cl2N2O6S/c1-12(21(26)27)31-16-3-4-19(13-5-14(22)7-15(23)6-13)20(9-16)25-32(28,29)18-8-17(30-2)10-24-11-18/h3-12,25H,1-2H3,(H,26,27). The molecule has 0 spiro atoms. The lowest BCUT2D eigenvalue weighted by molar-refractivity contribution is -0.144. The second kappa shape index (κ2) is 9.64.